The zero-order chi connectivity index (χ0) is 21.3. The van der Waals surface area contributed by atoms with Crippen LogP contribution in [0.15, 0.2) is 36.4 Å². The molecular weight excluding hydrogens is 427 g/mol. The second kappa shape index (κ2) is 8.53. The standard InChI is InChI=1S/C21H20Cl2N4O3/c22-15-7-5-13(26-9-1-3-19(26)28)11-17(15)24-21(30)25-18-12-14(6-8-16(18)23)27-10-2-4-20(27)29/h5-8,11-12H,1-4,9-10H2,(H2,24,25,30). The Bertz CT molecular complexity index is 948. The fourth-order valence-electron chi connectivity index (χ4n) is 3.67. The van der Waals surface area contributed by atoms with Crippen molar-refractivity contribution in [1.29, 1.82) is 0 Å². The molecule has 2 aromatic rings. The molecule has 2 aromatic carbocycles. The van der Waals surface area contributed by atoms with E-state index in [4.69, 9.17) is 23.2 Å². The van der Waals surface area contributed by atoms with E-state index in [1.54, 1.807) is 46.2 Å². The summed E-state index contributed by atoms with van der Waals surface area (Å²) in [6, 6.07) is 9.60. The normalized spacial score (nSPS) is 16.3. The van der Waals surface area contributed by atoms with Gasteiger partial charge in [0.15, 0.2) is 0 Å². The van der Waals surface area contributed by atoms with Gasteiger partial charge < -0.3 is 20.4 Å². The van der Waals surface area contributed by atoms with Crippen LogP contribution in [0.2, 0.25) is 10.0 Å². The van der Waals surface area contributed by atoms with Gasteiger partial charge in [0.05, 0.1) is 21.4 Å². The Morgan fingerprint density at radius 2 is 1.20 bits per heavy atom. The van der Waals surface area contributed by atoms with Crippen LogP contribution in [-0.2, 0) is 9.59 Å². The van der Waals surface area contributed by atoms with Crippen LogP contribution in [-0.4, -0.2) is 30.9 Å². The van der Waals surface area contributed by atoms with Crippen molar-refractivity contribution in [1.82, 2.24) is 0 Å². The monoisotopic (exact) mass is 446 g/mol. The van der Waals surface area contributed by atoms with Crippen LogP contribution in [0, 0.1) is 0 Å². The molecule has 0 bridgehead atoms. The van der Waals surface area contributed by atoms with E-state index in [0.717, 1.165) is 12.8 Å². The molecule has 4 amide bonds. The number of hydrogen-bond donors (Lipinski definition) is 2. The zero-order valence-corrected chi connectivity index (χ0v) is 17.6. The molecule has 2 fully saturated rings. The Hall–Kier alpha value is -2.77. The summed E-state index contributed by atoms with van der Waals surface area (Å²) < 4.78 is 0. The smallest absolute Gasteiger partial charge is 0.312 e. The topological polar surface area (TPSA) is 81.8 Å². The molecule has 2 heterocycles. The number of halogens is 2. The molecule has 7 nitrogen and oxygen atoms in total. The molecule has 0 radical (unpaired) electrons. The first-order chi connectivity index (χ1) is 14.4. The largest absolute Gasteiger partial charge is 0.323 e. The summed E-state index contributed by atoms with van der Waals surface area (Å²) >= 11 is 12.5. The van der Waals surface area contributed by atoms with Crippen molar-refractivity contribution in [3.8, 4) is 0 Å². The molecule has 2 N–H and O–H groups in total. The molecule has 0 saturated carbocycles. The minimum Gasteiger partial charge on any atom is -0.312 e. The van der Waals surface area contributed by atoms with Crippen molar-refractivity contribution in [2.75, 3.05) is 33.5 Å². The lowest BCUT2D eigenvalue weighted by Crippen LogP contribution is -2.25. The van der Waals surface area contributed by atoms with E-state index in [-0.39, 0.29) is 11.8 Å². The van der Waals surface area contributed by atoms with Gasteiger partial charge in [-0.2, -0.15) is 0 Å². The highest BCUT2D eigenvalue weighted by Crippen LogP contribution is 2.32. The first kappa shape index (κ1) is 20.5. The van der Waals surface area contributed by atoms with E-state index < -0.39 is 6.03 Å². The highest BCUT2D eigenvalue weighted by molar-refractivity contribution is 6.35. The van der Waals surface area contributed by atoms with Gasteiger partial charge in [-0.15, -0.1) is 0 Å². The third kappa shape index (κ3) is 4.22. The van der Waals surface area contributed by atoms with E-state index in [2.05, 4.69) is 10.6 Å². The number of nitrogens with zero attached hydrogens (tertiary/aromatic N) is 2. The van der Waals surface area contributed by atoms with Crippen molar-refractivity contribution in [2.45, 2.75) is 25.7 Å². The molecule has 156 valence electrons. The lowest BCUT2D eigenvalue weighted by Gasteiger charge is -2.19. The van der Waals surface area contributed by atoms with Gasteiger partial charge in [0.1, 0.15) is 0 Å². The second-order valence-corrected chi connectivity index (χ2v) is 8.02. The number of urea groups is 1. The Balaban J connectivity index is 1.50. The molecule has 30 heavy (non-hydrogen) atoms. The average Bonchev–Trinajstić information content (AvgIpc) is 3.33. The minimum absolute atomic E-state index is 0.0489. The number of rotatable bonds is 4. The van der Waals surface area contributed by atoms with Crippen LogP contribution in [0.5, 0.6) is 0 Å². The van der Waals surface area contributed by atoms with Crippen molar-refractivity contribution >= 4 is 63.8 Å². The van der Waals surface area contributed by atoms with Gasteiger partial charge in [0.25, 0.3) is 0 Å². The molecule has 0 atom stereocenters. The summed E-state index contributed by atoms with van der Waals surface area (Å²) in [5.74, 6) is 0.0977. The van der Waals surface area contributed by atoms with Gasteiger partial charge in [-0.05, 0) is 49.2 Å². The SMILES string of the molecule is O=C(Nc1cc(N2CCCC2=O)ccc1Cl)Nc1cc(N2CCCC2=O)ccc1Cl. The number of carbonyl (C=O) groups excluding carboxylic acids is 3. The first-order valence-electron chi connectivity index (χ1n) is 9.70. The Kier molecular flexibility index (Phi) is 5.83. The third-order valence-corrected chi connectivity index (χ3v) is 5.83. The van der Waals surface area contributed by atoms with E-state index >= 15 is 0 Å². The molecule has 4 rings (SSSR count). The molecular formula is C21H20Cl2N4O3. The Labute approximate surface area is 183 Å². The zero-order valence-electron chi connectivity index (χ0n) is 16.1. The molecule has 0 unspecified atom stereocenters. The van der Waals surface area contributed by atoms with Crippen molar-refractivity contribution < 1.29 is 14.4 Å². The van der Waals surface area contributed by atoms with E-state index in [0.29, 0.717) is 58.7 Å². The molecule has 2 aliphatic rings. The summed E-state index contributed by atoms with van der Waals surface area (Å²) in [6.07, 6.45) is 2.64. The number of nitrogens with one attached hydrogen (secondary N) is 2. The van der Waals surface area contributed by atoms with E-state index in [1.807, 2.05) is 0 Å². The fourth-order valence-corrected chi connectivity index (χ4v) is 4.00. The third-order valence-electron chi connectivity index (χ3n) is 5.17. The highest BCUT2D eigenvalue weighted by atomic mass is 35.5. The number of hydrogen-bond acceptors (Lipinski definition) is 3. The van der Waals surface area contributed by atoms with Crippen molar-refractivity contribution in [3.05, 3.63) is 46.4 Å². The van der Waals surface area contributed by atoms with Crippen LogP contribution < -0.4 is 20.4 Å². The Morgan fingerprint density at radius 3 is 1.57 bits per heavy atom. The van der Waals surface area contributed by atoms with E-state index in [1.165, 1.54) is 0 Å². The Morgan fingerprint density at radius 1 is 0.767 bits per heavy atom. The summed E-state index contributed by atoms with van der Waals surface area (Å²) in [7, 11) is 0. The van der Waals surface area contributed by atoms with Gasteiger partial charge in [0.2, 0.25) is 11.8 Å². The molecule has 2 aliphatic heterocycles. The average molecular weight is 447 g/mol. The van der Waals surface area contributed by atoms with Crippen LogP contribution in [0.4, 0.5) is 27.5 Å². The fraction of sp³-hybridized carbons (Fsp3) is 0.286. The second-order valence-electron chi connectivity index (χ2n) is 7.21. The first-order valence-corrected chi connectivity index (χ1v) is 10.5. The molecule has 2 saturated heterocycles. The number of amides is 4. The van der Waals surface area contributed by atoms with Crippen LogP contribution in [0.1, 0.15) is 25.7 Å². The molecule has 0 spiro atoms. The number of anilines is 4. The van der Waals surface area contributed by atoms with Gasteiger partial charge in [-0.3, -0.25) is 9.59 Å². The maximum atomic E-state index is 12.6. The van der Waals surface area contributed by atoms with Gasteiger partial charge >= 0.3 is 6.03 Å². The summed E-state index contributed by atoms with van der Waals surface area (Å²) in [4.78, 5) is 39.9. The number of benzene rings is 2. The highest BCUT2D eigenvalue weighted by Gasteiger charge is 2.24. The predicted octanol–water partition coefficient (Wildman–Crippen LogP) is 4.89. The molecule has 0 aromatic heterocycles. The molecule has 9 heteroatoms. The van der Waals surface area contributed by atoms with Gasteiger partial charge in [0, 0.05) is 37.3 Å². The molecule has 0 aliphatic carbocycles. The quantitative estimate of drug-likeness (QED) is 0.700. The minimum atomic E-state index is -0.534. The van der Waals surface area contributed by atoms with Crippen molar-refractivity contribution in [3.63, 3.8) is 0 Å². The lowest BCUT2D eigenvalue weighted by molar-refractivity contribution is -0.117. The summed E-state index contributed by atoms with van der Waals surface area (Å²) in [6.45, 7) is 1.29. The van der Waals surface area contributed by atoms with Crippen LogP contribution in [0.3, 0.4) is 0 Å². The van der Waals surface area contributed by atoms with Crippen LogP contribution >= 0.6 is 23.2 Å². The van der Waals surface area contributed by atoms with Crippen LogP contribution in [0.25, 0.3) is 0 Å². The van der Waals surface area contributed by atoms with Gasteiger partial charge in [-0.25, -0.2) is 4.79 Å². The number of carbonyl (C=O) groups is 3. The lowest BCUT2D eigenvalue weighted by atomic mass is 10.2. The predicted molar refractivity (Wildman–Crippen MR) is 119 cm³/mol. The summed E-state index contributed by atoms with van der Waals surface area (Å²) in [5.41, 5.74) is 2.14. The maximum absolute atomic E-state index is 12.6. The van der Waals surface area contributed by atoms with Crippen molar-refractivity contribution in [2.24, 2.45) is 0 Å². The summed E-state index contributed by atoms with van der Waals surface area (Å²) in [5, 5.41) is 6.11. The van der Waals surface area contributed by atoms with Gasteiger partial charge in [-0.1, -0.05) is 23.2 Å². The van der Waals surface area contributed by atoms with E-state index in [9.17, 15) is 14.4 Å². The maximum Gasteiger partial charge on any atom is 0.323 e.